The van der Waals surface area contributed by atoms with Crippen molar-refractivity contribution in [2.75, 3.05) is 0 Å². The van der Waals surface area contributed by atoms with Gasteiger partial charge in [-0.3, -0.25) is 4.98 Å². The maximum Gasteiger partial charge on any atom is 0.0688 e. The van der Waals surface area contributed by atoms with E-state index in [4.69, 9.17) is 0 Å². The van der Waals surface area contributed by atoms with Crippen LogP contribution < -0.4 is 0 Å². The molecule has 70 valence electrons. The molecular formula is C10H14BrNSi. The van der Waals surface area contributed by atoms with E-state index in [1.165, 1.54) is 0 Å². The predicted molar refractivity (Wildman–Crippen MR) is 64.3 cm³/mol. The zero-order valence-electron chi connectivity index (χ0n) is 8.21. The highest BCUT2D eigenvalue weighted by atomic mass is 79.9. The van der Waals surface area contributed by atoms with Crippen LogP contribution in [0.15, 0.2) is 28.5 Å². The molecule has 0 saturated heterocycles. The van der Waals surface area contributed by atoms with E-state index in [0.717, 1.165) is 10.2 Å². The van der Waals surface area contributed by atoms with Gasteiger partial charge in [-0.2, -0.15) is 0 Å². The van der Waals surface area contributed by atoms with Gasteiger partial charge < -0.3 is 0 Å². The van der Waals surface area contributed by atoms with E-state index in [9.17, 15) is 0 Å². The second-order valence-electron chi connectivity index (χ2n) is 4.10. The summed E-state index contributed by atoms with van der Waals surface area (Å²) in [6.07, 6.45) is 3.93. The van der Waals surface area contributed by atoms with Gasteiger partial charge in [0.25, 0.3) is 0 Å². The first-order valence-electron chi connectivity index (χ1n) is 4.28. The Hall–Kier alpha value is -0.413. The summed E-state index contributed by atoms with van der Waals surface area (Å²) < 4.78 is 1.03. The molecule has 0 aliphatic heterocycles. The van der Waals surface area contributed by atoms with Crippen molar-refractivity contribution in [3.63, 3.8) is 0 Å². The monoisotopic (exact) mass is 255 g/mol. The first-order valence-corrected chi connectivity index (χ1v) is 8.65. The highest BCUT2D eigenvalue weighted by molar-refractivity contribution is 9.10. The van der Waals surface area contributed by atoms with Gasteiger partial charge in [0.1, 0.15) is 0 Å². The maximum absolute atomic E-state index is 4.27. The molecule has 0 N–H and O–H groups in total. The lowest BCUT2D eigenvalue weighted by Crippen LogP contribution is -2.15. The summed E-state index contributed by atoms with van der Waals surface area (Å²) >= 11 is 3.36. The standard InChI is InChI=1S/C10H14BrNSi/c1-13(2,3)7-6-10-5-4-9(11)8-12-10/h4-8H,1-3H3/b7-6-. The lowest BCUT2D eigenvalue weighted by atomic mass is 10.3. The summed E-state index contributed by atoms with van der Waals surface area (Å²) in [6.45, 7) is 6.92. The maximum atomic E-state index is 4.27. The van der Waals surface area contributed by atoms with Crippen molar-refractivity contribution in [3.8, 4) is 0 Å². The minimum atomic E-state index is -1.09. The van der Waals surface area contributed by atoms with E-state index in [1.54, 1.807) is 0 Å². The first kappa shape index (κ1) is 10.7. The lowest BCUT2D eigenvalue weighted by molar-refractivity contribution is 1.28. The van der Waals surface area contributed by atoms with Gasteiger partial charge in [0.2, 0.25) is 0 Å². The van der Waals surface area contributed by atoms with Crippen LogP contribution in [0.1, 0.15) is 5.69 Å². The zero-order chi connectivity index (χ0) is 9.90. The van der Waals surface area contributed by atoms with Gasteiger partial charge in [-0.1, -0.05) is 25.3 Å². The Bertz CT molecular complexity index is 298. The molecule has 0 fully saturated rings. The normalized spacial score (nSPS) is 12.3. The van der Waals surface area contributed by atoms with Gasteiger partial charge in [-0.15, -0.1) is 0 Å². The predicted octanol–water partition coefficient (Wildman–Crippen LogP) is 3.73. The Morgan fingerprint density at radius 3 is 2.46 bits per heavy atom. The highest BCUT2D eigenvalue weighted by Gasteiger charge is 2.06. The van der Waals surface area contributed by atoms with Gasteiger partial charge in [-0.25, -0.2) is 0 Å². The van der Waals surface area contributed by atoms with Crippen molar-refractivity contribution >= 4 is 30.1 Å². The number of hydrogen-bond donors (Lipinski definition) is 0. The summed E-state index contributed by atoms with van der Waals surface area (Å²) in [5.41, 5.74) is 3.33. The van der Waals surface area contributed by atoms with E-state index in [-0.39, 0.29) is 0 Å². The topological polar surface area (TPSA) is 12.9 Å². The minimum Gasteiger partial charge on any atom is -0.256 e. The number of rotatable bonds is 2. The molecule has 1 aromatic heterocycles. The van der Waals surface area contributed by atoms with Crippen molar-refractivity contribution in [1.82, 2.24) is 4.98 Å². The summed E-state index contributed by atoms with van der Waals surface area (Å²) in [7, 11) is -1.09. The number of hydrogen-bond acceptors (Lipinski definition) is 1. The molecule has 1 heterocycles. The van der Waals surface area contributed by atoms with E-state index < -0.39 is 8.07 Å². The van der Waals surface area contributed by atoms with Crippen molar-refractivity contribution in [2.24, 2.45) is 0 Å². The van der Waals surface area contributed by atoms with Crippen LogP contribution in [0.5, 0.6) is 0 Å². The van der Waals surface area contributed by atoms with Crippen LogP contribution in [0.25, 0.3) is 6.08 Å². The Morgan fingerprint density at radius 1 is 1.31 bits per heavy atom. The molecule has 0 aliphatic rings. The van der Waals surface area contributed by atoms with Gasteiger partial charge in [0.05, 0.1) is 13.8 Å². The SMILES string of the molecule is C[Si](C)(C)/C=C\c1ccc(Br)cn1. The Labute approximate surface area is 89.0 Å². The van der Waals surface area contributed by atoms with Gasteiger partial charge in [0, 0.05) is 10.7 Å². The van der Waals surface area contributed by atoms with E-state index in [2.05, 4.69) is 52.3 Å². The van der Waals surface area contributed by atoms with E-state index in [0.29, 0.717) is 0 Å². The summed E-state index contributed by atoms with van der Waals surface area (Å²) in [4.78, 5) is 4.27. The molecule has 0 atom stereocenters. The molecule has 13 heavy (non-hydrogen) atoms. The van der Waals surface area contributed by atoms with Crippen LogP contribution in [0, 0.1) is 0 Å². The van der Waals surface area contributed by atoms with E-state index in [1.807, 2.05) is 18.3 Å². The Balaban J connectivity index is 2.75. The molecule has 0 aromatic carbocycles. The van der Waals surface area contributed by atoms with Gasteiger partial charge >= 0.3 is 0 Å². The Kier molecular flexibility index (Phi) is 3.45. The fraction of sp³-hybridized carbons (Fsp3) is 0.300. The van der Waals surface area contributed by atoms with Gasteiger partial charge in [-0.05, 0) is 34.1 Å². The molecule has 3 heteroatoms. The van der Waals surface area contributed by atoms with Crippen molar-refractivity contribution in [3.05, 3.63) is 34.2 Å². The zero-order valence-corrected chi connectivity index (χ0v) is 10.8. The second kappa shape index (κ2) is 4.20. The van der Waals surface area contributed by atoms with Crippen LogP contribution in [0.2, 0.25) is 19.6 Å². The highest BCUT2D eigenvalue weighted by Crippen LogP contribution is 2.10. The third-order valence-electron chi connectivity index (χ3n) is 1.50. The third kappa shape index (κ3) is 4.38. The average Bonchev–Trinajstić information content (AvgIpc) is 2.02. The summed E-state index contributed by atoms with van der Waals surface area (Å²) in [5, 5.41) is 0. The fourth-order valence-corrected chi connectivity index (χ4v) is 1.73. The van der Waals surface area contributed by atoms with Crippen LogP contribution in [-0.4, -0.2) is 13.1 Å². The van der Waals surface area contributed by atoms with Crippen LogP contribution >= 0.6 is 15.9 Å². The van der Waals surface area contributed by atoms with Crippen LogP contribution in [0.3, 0.4) is 0 Å². The lowest BCUT2D eigenvalue weighted by Gasteiger charge is -2.07. The summed E-state index contributed by atoms with van der Waals surface area (Å²) in [5.74, 6) is 0. The first-order chi connectivity index (χ1) is 5.97. The van der Waals surface area contributed by atoms with Crippen LogP contribution in [-0.2, 0) is 0 Å². The number of halogens is 1. The molecular weight excluding hydrogens is 242 g/mol. The van der Waals surface area contributed by atoms with Crippen molar-refractivity contribution in [1.29, 1.82) is 0 Å². The third-order valence-corrected chi connectivity index (χ3v) is 3.14. The van der Waals surface area contributed by atoms with Gasteiger partial charge in [0.15, 0.2) is 0 Å². The molecule has 0 unspecified atom stereocenters. The number of nitrogens with zero attached hydrogens (tertiary/aromatic N) is 1. The van der Waals surface area contributed by atoms with Crippen LogP contribution in [0.4, 0.5) is 0 Å². The molecule has 1 nitrogen and oxygen atoms in total. The largest absolute Gasteiger partial charge is 0.256 e. The molecule has 0 amide bonds. The Morgan fingerprint density at radius 2 is 2.00 bits per heavy atom. The summed E-state index contributed by atoms with van der Waals surface area (Å²) in [6, 6.07) is 4.03. The number of aromatic nitrogens is 1. The molecule has 0 spiro atoms. The fourth-order valence-electron chi connectivity index (χ4n) is 0.821. The molecule has 0 aliphatic carbocycles. The smallest absolute Gasteiger partial charge is 0.0688 e. The second-order valence-corrected chi connectivity index (χ2v) is 10.1. The molecule has 1 rings (SSSR count). The molecule has 0 bridgehead atoms. The van der Waals surface area contributed by atoms with E-state index >= 15 is 0 Å². The van der Waals surface area contributed by atoms with Crippen molar-refractivity contribution < 1.29 is 0 Å². The molecule has 0 radical (unpaired) electrons. The number of pyridine rings is 1. The average molecular weight is 256 g/mol. The minimum absolute atomic E-state index is 1.03. The molecule has 1 aromatic rings. The van der Waals surface area contributed by atoms with Crippen molar-refractivity contribution in [2.45, 2.75) is 19.6 Å². The quantitative estimate of drug-likeness (QED) is 0.734. The molecule has 0 saturated carbocycles.